The third-order valence-electron chi connectivity index (χ3n) is 3.50. The molecule has 0 amide bonds. The molecule has 6 nitrogen and oxygen atoms in total. The fourth-order valence-electron chi connectivity index (χ4n) is 2.24. The molecule has 2 aromatic carbocycles. The van der Waals surface area contributed by atoms with E-state index in [0.29, 0.717) is 30.6 Å². The summed E-state index contributed by atoms with van der Waals surface area (Å²) in [6.45, 7) is 3.11. The highest BCUT2D eigenvalue weighted by Crippen LogP contribution is 2.30. The minimum absolute atomic E-state index is 0.248. The lowest BCUT2D eigenvalue weighted by atomic mass is 10.2. The van der Waals surface area contributed by atoms with Crippen LogP contribution in [0.1, 0.15) is 6.92 Å². The van der Waals surface area contributed by atoms with Gasteiger partial charge in [0.2, 0.25) is 0 Å². The number of ether oxygens (including phenoxy) is 3. The fourth-order valence-corrected chi connectivity index (χ4v) is 2.24. The van der Waals surface area contributed by atoms with Crippen molar-refractivity contribution in [1.29, 1.82) is 0 Å². The highest BCUT2D eigenvalue weighted by Gasteiger charge is 2.07. The Morgan fingerprint density at radius 1 is 1.04 bits per heavy atom. The molecule has 0 atom stereocenters. The molecule has 2 N–H and O–H groups in total. The Morgan fingerprint density at radius 3 is 2.52 bits per heavy atom. The molecule has 0 radical (unpaired) electrons. The number of hydrogen-bond acceptors (Lipinski definition) is 4. The van der Waals surface area contributed by atoms with E-state index in [0.717, 1.165) is 17.8 Å². The molecule has 0 aromatic heterocycles. The lowest BCUT2D eigenvalue weighted by Gasteiger charge is -2.15. The molecular formula is C19H23F2N3O3. The van der Waals surface area contributed by atoms with E-state index >= 15 is 0 Å². The molecule has 146 valence electrons. The molecule has 0 aliphatic carbocycles. The van der Waals surface area contributed by atoms with Gasteiger partial charge < -0.3 is 24.8 Å². The first-order valence-electron chi connectivity index (χ1n) is 8.43. The highest BCUT2D eigenvalue weighted by molar-refractivity contribution is 5.93. The van der Waals surface area contributed by atoms with Gasteiger partial charge in [0.1, 0.15) is 12.4 Å². The summed E-state index contributed by atoms with van der Waals surface area (Å²) in [5.74, 6) is 0.204. The van der Waals surface area contributed by atoms with Crippen molar-refractivity contribution in [3.63, 3.8) is 0 Å². The van der Waals surface area contributed by atoms with Crippen LogP contribution < -0.4 is 24.8 Å². The quantitative estimate of drug-likeness (QED) is 0.418. The summed E-state index contributed by atoms with van der Waals surface area (Å²) >= 11 is 0. The number of aliphatic imine (C=N–C) groups is 1. The monoisotopic (exact) mass is 379 g/mol. The van der Waals surface area contributed by atoms with Gasteiger partial charge in [0.15, 0.2) is 29.1 Å². The predicted octanol–water partition coefficient (Wildman–Crippen LogP) is 3.44. The van der Waals surface area contributed by atoms with E-state index < -0.39 is 11.6 Å². The standard InChI is InChI=1S/C19H23F2N3O3/c1-4-26-17-8-5-13(11-18(17)25-3)24-19(22-2)23-9-10-27-14-6-7-15(20)16(21)12-14/h5-8,11-12H,4,9-10H2,1-3H3,(H2,22,23,24). The maximum Gasteiger partial charge on any atom is 0.195 e. The number of benzene rings is 2. The molecule has 2 aromatic rings. The van der Waals surface area contributed by atoms with Crippen LogP contribution in [0.4, 0.5) is 14.5 Å². The summed E-state index contributed by atoms with van der Waals surface area (Å²) in [6.07, 6.45) is 0. The molecule has 0 aliphatic rings. The number of nitrogens with one attached hydrogen (secondary N) is 2. The average Bonchev–Trinajstić information content (AvgIpc) is 2.68. The van der Waals surface area contributed by atoms with Crippen LogP contribution in [0.5, 0.6) is 17.2 Å². The van der Waals surface area contributed by atoms with Crippen LogP contribution in [0, 0.1) is 11.6 Å². The molecule has 8 heteroatoms. The van der Waals surface area contributed by atoms with E-state index in [1.165, 1.54) is 6.07 Å². The van der Waals surface area contributed by atoms with Crippen LogP contribution in [-0.4, -0.2) is 39.9 Å². The Bertz CT molecular complexity index is 785. The molecule has 0 bridgehead atoms. The van der Waals surface area contributed by atoms with Crippen LogP contribution in [-0.2, 0) is 0 Å². The molecule has 0 unspecified atom stereocenters. The average molecular weight is 379 g/mol. The van der Waals surface area contributed by atoms with E-state index in [9.17, 15) is 8.78 Å². The van der Waals surface area contributed by atoms with Gasteiger partial charge in [0, 0.05) is 24.9 Å². The van der Waals surface area contributed by atoms with Crippen molar-refractivity contribution in [2.75, 3.05) is 39.2 Å². The zero-order valence-electron chi connectivity index (χ0n) is 15.5. The Kier molecular flexibility index (Phi) is 7.66. The molecular weight excluding hydrogens is 356 g/mol. The summed E-state index contributed by atoms with van der Waals surface area (Å²) in [5, 5.41) is 6.19. The van der Waals surface area contributed by atoms with E-state index in [1.54, 1.807) is 20.2 Å². The molecule has 0 saturated heterocycles. The molecule has 0 saturated carbocycles. The summed E-state index contributed by atoms with van der Waals surface area (Å²) in [6, 6.07) is 8.86. The lowest BCUT2D eigenvalue weighted by molar-refractivity contribution is 0.311. The first-order valence-corrected chi connectivity index (χ1v) is 8.43. The van der Waals surface area contributed by atoms with E-state index in [1.807, 2.05) is 19.1 Å². The molecule has 27 heavy (non-hydrogen) atoms. The Labute approximate surface area is 157 Å². The van der Waals surface area contributed by atoms with Gasteiger partial charge in [0.05, 0.1) is 20.3 Å². The van der Waals surface area contributed by atoms with Gasteiger partial charge in [-0.15, -0.1) is 0 Å². The van der Waals surface area contributed by atoms with E-state index in [2.05, 4.69) is 15.6 Å². The third-order valence-corrected chi connectivity index (χ3v) is 3.50. The number of rotatable bonds is 8. The Hall–Kier alpha value is -3.03. The van der Waals surface area contributed by atoms with Gasteiger partial charge in [-0.05, 0) is 31.2 Å². The Morgan fingerprint density at radius 2 is 1.85 bits per heavy atom. The molecule has 0 heterocycles. The number of anilines is 1. The lowest BCUT2D eigenvalue weighted by Crippen LogP contribution is -2.33. The second-order valence-electron chi connectivity index (χ2n) is 5.35. The van der Waals surface area contributed by atoms with Gasteiger partial charge in [-0.2, -0.15) is 0 Å². The molecule has 2 rings (SSSR count). The molecule has 0 aliphatic heterocycles. The topological polar surface area (TPSA) is 64.1 Å². The minimum atomic E-state index is -0.942. The van der Waals surface area contributed by atoms with Crippen LogP contribution in [0.3, 0.4) is 0 Å². The smallest absolute Gasteiger partial charge is 0.195 e. The number of halogens is 2. The summed E-state index contributed by atoms with van der Waals surface area (Å²) in [7, 11) is 3.21. The van der Waals surface area contributed by atoms with E-state index in [-0.39, 0.29) is 12.4 Å². The van der Waals surface area contributed by atoms with Crippen LogP contribution in [0.15, 0.2) is 41.4 Å². The number of nitrogens with zero attached hydrogens (tertiary/aromatic N) is 1. The van der Waals surface area contributed by atoms with Crippen LogP contribution >= 0.6 is 0 Å². The van der Waals surface area contributed by atoms with Crippen molar-refractivity contribution in [1.82, 2.24) is 5.32 Å². The van der Waals surface area contributed by atoms with Crippen molar-refractivity contribution >= 4 is 11.6 Å². The first-order chi connectivity index (χ1) is 13.1. The zero-order valence-corrected chi connectivity index (χ0v) is 15.5. The number of guanidine groups is 1. The van der Waals surface area contributed by atoms with E-state index in [4.69, 9.17) is 14.2 Å². The highest BCUT2D eigenvalue weighted by atomic mass is 19.2. The zero-order chi connectivity index (χ0) is 19.6. The van der Waals surface area contributed by atoms with Gasteiger partial charge in [-0.3, -0.25) is 4.99 Å². The van der Waals surface area contributed by atoms with Crippen LogP contribution in [0.25, 0.3) is 0 Å². The Balaban J connectivity index is 1.85. The van der Waals surface area contributed by atoms with Gasteiger partial charge in [0.25, 0.3) is 0 Å². The maximum absolute atomic E-state index is 13.1. The normalized spacial score (nSPS) is 11.1. The maximum atomic E-state index is 13.1. The first kappa shape index (κ1) is 20.3. The van der Waals surface area contributed by atoms with Crippen molar-refractivity contribution in [3.05, 3.63) is 48.0 Å². The predicted molar refractivity (Wildman–Crippen MR) is 101 cm³/mol. The fraction of sp³-hybridized carbons (Fsp3) is 0.316. The SMILES string of the molecule is CCOc1ccc(NC(=NC)NCCOc2ccc(F)c(F)c2)cc1OC. The second-order valence-corrected chi connectivity index (χ2v) is 5.35. The van der Waals surface area contributed by atoms with Gasteiger partial charge in [-0.1, -0.05) is 0 Å². The molecule has 0 fully saturated rings. The molecule has 0 spiro atoms. The van der Waals surface area contributed by atoms with Crippen LogP contribution in [0.2, 0.25) is 0 Å². The van der Waals surface area contributed by atoms with Crippen molar-refractivity contribution in [2.45, 2.75) is 6.92 Å². The number of methoxy groups -OCH3 is 1. The largest absolute Gasteiger partial charge is 0.493 e. The van der Waals surface area contributed by atoms with Gasteiger partial charge >= 0.3 is 0 Å². The summed E-state index contributed by atoms with van der Waals surface area (Å²) < 4.78 is 42.2. The minimum Gasteiger partial charge on any atom is -0.493 e. The van der Waals surface area contributed by atoms with Crippen molar-refractivity contribution in [2.24, 2.45) is 4.99 Å². The summed E-state index contributed by atoms with van der Waals surface area (Å²) in [4.78, 5) is 4.13. The third kappa shape index (κ3) is 6.02. The van der Waals surface area contributed by atoms with Crippen molar-refractivity contribution < 1.29 is 23.0 Å². The van der Waals surface area contributed by atoms with Crippen molar-refractivity contribution in [3.8, 4) is 17.2 Å². The van der Waals surface area contributed by atoms with Gasteiger partial charge in [-0.25, -0.2) is 8.78 Å². The second kappa shape index (κ2) is 10.2. The summed E-state index contributed by atoms with van der Waals surface area (Å²) in [5.41, 5.74) is 0.768. The number of hydrogen-bond donors (Lipinski definition) is 2.